The highest BCUT2D eigenvalue weighted by atomic mass is 19.1. The van der Waals surface area contributed by atoms with Gasteiger partial charge in [-0.05, 0) is 39.0 Å². The summed E-state index contributed by atoms with van der Waals surface area (Å²) in [4.78, 5) is 52.6. The fourth-order valence-electron chi connectivity index (χ4n) is 3.11. The van der Waals surface area contributed by atoms with E-state index in [2.05, 4.69) is 15.4 Å². The van der Waals surface area contributed by atoms with E-state index < -0.39 is 41.7 Å². The lowest BCUT2D eigenvalue weighted by Crippen LogP contribution is -2.64. The maximum absolute atomic E-state index is 13.5. The molecule has 30 heavy (non-hydrogen) atoms. The first-order valence-corrected chi connectivity index (χ1v) is 9.64. The first kappa shape index (κ1) is 23.1. The van der Waals surface area contributed by atoms with Crippen LogP contribution >= 0.6 is 0 Å². The predicted molar refractivity (Wildman–Crippen MR) is 106 cm³/mol. The number of benzene rings is 1. The van der Waals surface area contributed by atoms with Crippen LogP contribution in [0.5, 0.6) is 0 Å². The third kappa shape index (κ3) is 5.68. The van der Waals surface area contributed by atoms with Crippen molar-refractivity contribution in [3.05, 3.63) is 35.6 Å². The molecule has 1 aromatic rings. The third-order valence-electron chi connectivity index (χ3n) is 4.63. The second kappa shape index (κ2) is 10.0. The lowest BCUT2D eigenvalue weighted by molar-refractivity contribution is -0.145. The Kier molecular flexibility index (Phi) is 7.73. The molecule has 10 heteroatoms. The van der Waals surface area contributed by atoms with E-state index in [0.29, 0.717) is 0 Å². The van der Waals surface area contributed by atoms with Gasteiger partial charge in [-0.25, -0.2) is 14.0 Å². The van der Waals surface area contributed by atoms with E-state index in [4.69, 9.17) is 0 Å². The van der Waals surface area contributed by atoms with Crippen molar-refractivity contribution in [1.82, 2.24) is 20.4 Å². The molecule has 1 fully saturated rings. The minimum absolute atomic E-state index is 0.0966. The molecular formula is C20H27FN4O5. The number of urea groups is 1. The molecule has 2 atom stereocenters. The maximum Gasteiger partial charge on any atom is 0.328 e. The van der Waals surface area contributed by atoms with E-state index in [-0.39, 0.29) is 31.2 Å². The van der Waals surface area contributed by atoms with Gasteiger partial charge < -0.3 is 25.2 Å². The Labute approximate surface area is 174 Å². The Bertz CT molecular complexity index is 816. The maximum atomic E-state index is 13.5. The van der Waals surface area contributed by atoms with Gasteiger partial charge in [0.2, 0.25) is 5.91 Å². The van der Waals surface area contributed by atoms with Crippen molar-refractivity contribution in [3.8, 4) is 0 Å². The Morgan fingerprint density at radius 1 is 1.13 bits per heavy atom. The number of halogens is 1. The molecule has 0 spiro atoms. The molecule has 1 saturated heterocycles. The van der Waals surface area contributed by atoms with Crippen LogP contribution in [0.25, 0.3) is 0 Å². The summed E-state index contributed by atoms with van der Waals surface area (Å²) < 4.78 is 18.1. The average Bonchev–Trinajstić information content (AvgIpc) is 2.71. The molecule has 1 heterocycles. The van der Waals surface area contributed by atoms with Gasteiger partial charge in [-0.15, -0.1) is 0 Å². The van der Waals surface area contributed by atoms with Crippen LogP contribution in [-0.4, -0.2) is 78.5 Å². The van der Waals surface area contributed by atoms with Gasteiger partial charge in [-0.1, -0.05) is 6.07 Å². The lowest BCUT2D eigenvalue weighted by atomic mass is 10.1. The minimum atomic E-state index is -1.03. The summed E-state index contributed by atoms with van der Waals surface area (Å²) in [6, 6.07) is 2.71. The average molecular weight is 422 g/mol. The van der Waals surface area contributed by atoms with Gasteiger partial charge in [-0.2, -0.15) is 0 Å². The number of hydrogen-bond donors (Lipinski definition) is 2. The fourth-order valence-corrected chi connectivity index (χ4v) is 3.11. The summed E-state index contributed by atoms with van der Waals surface area (Å²) in [6.07, 6.45) is 0. The van der Waals surface area contributed by atoms with E-state index in [1.165, 1.54) is 42.0 Å². The van der Waals surface area contributed by atoms with E-state index in [0.717, 1.165) is 6.07 Å². The summed E-state index contributed by atoms with van der Waals surface area (Å²) in [7, 11) is 1.20. The summed E-state index contributed by atoms with van der Waals surface area (Å²) in [6.45, 7) is 5.22. The Balaban J connectivity index is 2.22. The second-order valence-corrected chi connectivity index (χ2v) is 7.33. The molecule has 164 valence electrons. The van der Waals surface area contributed by atoms with Crippen LogP contribution in [0.3, 0.4) is 0 Å². The molecule has 4 amide bonds. The van der Waals surface area contributed by atoms with Crippen LogP contribution in [0, 0.1) is 5.82 Å². The molecule has 0 saturated carbocycles. The molecule has 9 nitrogen and oxygen atoms in total. The highest BCUT2D eigenvalue weighted by molar-refractivity contribution is 5.96. The van der Waals surface area contributed by atoms with Crippen LogP contribution in [0.2, 0.25) is 0 Å². The third-order valence-corrected chi connectivity index (χ3v) is 4.63. The standard InChI is InChI=1S/C20H27FN4O5/c1-12(2)22-20(29)25-9-8-24(18(27)14-6-5-7-15(21)10-14)11-16(25)17(26)23-13(3)19(28)30-4/h5-7,10,12-13,16H,8-9,11H2,1-4H3,(H,22,29)(H,23,26). The molecule has 2 rings (SSSR count). The molecule has 0 bridgehead atoms. The van der Waals surface area contributed by atoms with Crippen molar-refractivity contribution in [3.63, 3.8) is 0 Å². The summed E-state index contributed by atoms with van der Waals surface area (Å²) >= 11 is 0. The number of nitrogens with one attached hydrogen (secondary N) is 2. The molecule has 1 aliphatic heterocycles. The van der Waals surface area contributed by atoms with Gasteiger partial charge in [0.15, 0.2) is 0 Å². The first-order chi connectivity index (χ1) is 14.1. The SMILES string of the molecule is COC(=O)C(C)NC(=O)C1CN(C(=O)c2cccc(F)c2)CCN1C(=O)NC(C)C. The quantitative estimate of drug-likeness (QED) is 0.681. The Morgan fingerprint density at radius 2 is 1.83 bits per heavy atom. The fraction of sp³-hybridized carbons (Fsp3) is 0.500. The lowest BCUT2D eigenvalue weighted by Gasteiger charge is -2.41. The van der Waals surface area contributed by atoms with E-state index in [9.17, 15) is 23.6 Å². The van der Waals surface area contributed by atoms with E-state index >= 15 is 0 Å². The molecule has 2 N–H and O–H groups in total. The molecule has 0 radical (unpaired) electrons. The number of esters is 1. The van der Waals surface area contributed by atoms with Crippen LogP contribution in [0.1, 0.15) is 31.1 Å². The number of piperazine rings is 1. The van der Waals surface area contributed by atoms with Crippen LogP contribution in [0.4, 0.5) is 9.18 Å². The highest BCUT2D eigenvalue weighted by Gasteiger charge is 2.38. The van der Waals surface area contributed by atoms with E-state index in [1.807, 2.05) is 0 Å². The van der Waals surface area contributed by atoms with Crippen molar-refractivity contribution in [2.75, 3.05) is 26.7 Å². The molecule has 0 aromatic heterocycles. The highest BCUT2D eigenvalue weighted by Crippen LogP contribution is 2.15. The largest absolute Gasteiger partial charge is 0.467 e. The van der Waals surface area contributed by atoms with Gasteiger partial charge in [-0.3, -0.25) is 9.59 Å². The topological polar surface area (TPSA) is 108 Å². The number of carbonyl (C=O) groups is 4. The normalized spacial score (nSPS) is 17.3. The van der Waals surface area contributed by atoms with Crippen molar-refractivity contribution in [2.45, 2.75) is 38.9 Å². The number of amides is 4. The summed E-state index contributed by atoms with van der Waals surface area (Å²) in [5.41, 5.74) is 0.150. The zero-order valence-electron chi connectivity index (χ0n) is 17.5. The molecule has 1 aliphatic rings. The zero-order valence-corrected chi connectivity index (χ0v) is 17.5. The smallest absolute Gasteiger partial charge is 0.328 e. The summed E-state index contributed by atoms with van der Waals surface area (Å²) in [5, 5.41) is 5.24. The number of nitrogens with zero attached hydrogens (tertiary/aromatic N) is 2. The first-order valence-electron chi connectivity index (χ1n) is 9.64. The number of hydrogen-bond acceptors (Lipinski definition) is 5. The van der Waals surface area contributed by atoms with Crippen LogP contribution < -0.4 is 10.6 Å². The molecule has 1 aromatic carbocycles. The van der Waals surface area contributed by atoms with Gasteiger partial charge in [0.05, 0.1) is 13.7 Å². The number of rotatable bonds is 5. The van der Waals surface area contributed by atoms with Gasteiger partial charge in [0, 0.05) is 24.7 Å². The Hall–Kier alpha value is -3.17. The minimum Gasteiger partial charge on any atom is -0.467 e. The zero-order chi connectivity index (χ0) is 22.4. The van der Waals surface area contributed by atoms with Gasteiger partial charge in [0.25, 0.3) is 5.91 Å². The van der Waals surface area contributed by atoms with Crippen molar-refractivity contribution >= 4 is 23.8 Å². The predicted octanol–water partition coefficient (Wildman–Crippen LogP) is 0.748. The molecule has 2 unspecified atom stereocenters. The second-order valence-electron chi connectivity index (χ2n) is 7.33. The summed E-state index contributed by atoms with van der Waals surface area (Å²) in [5.74, 6) is -2.22. The number of carbonyl (C=O) groups excluding carboxylic acids is 4. The van der Waals surface area contributed by atoms with Gasteiger partial charge in [0.1, 0.15) is 17.9 Å². The van der Waals surface area contributed by atoms with Crippen molar-refractivity contribution in [2.24, 2.45) is 0 Å². The molecule has 0 aliphatic carbocycles. The Morgan fingerprint density at radius 3 is 2.43 bits per heavy atom. The monoisotopic (exact) mass is 422 g/mol. The van der Waals surface area contributed by atoms with Gasteiger partial charge >= 0.3 is 12.0 Å². The van der Waals surface area contributed by atoms with Crippen molar-refractivity contribution < 1.29 is 28.3 Å². The number of methoxy groups -OCH3 is 1. The molecular weight excluding hydrogens is 395 g/mol. The van der Waals surface area contributed by atoms with Crippen LogP contribution in [-0.2, 0) is 14.3 Å². The van der Waals surface area contributed by atoms with E-state index in [1.54, 1.807) is 13.8 Å². The number of ether oxygens (including phenoxy) is 1. The van der Waals surface area contributed by atoms with Crippen molar-refractivity contribution in [1.29, 1.82) is 0 Å². The van der Waals surface area contributed by atoms with Crippen LogP contribution in [0.15, 0.2) is 24.3 Å².